The van der Waals surface area contributed by atoms with Crippen LogP contribution >= 0.6 is 38.9 Å². The molecule has 1 N–H and O–H groups in total. The molecule has 2 rings (SSSR count). The van der Waals surface area contributed by atoms with Crippen molar-refractivity contribution in [3.8, 4) is 0 Å². The van der Waals surface area contributed by atoms with Gasteiger partial charge in [0.1, 0.15) is 0 Å². The van der Waals surface area contributed by atoms with E-state index in [9.17, 15) is 0 Å². The summed E-state index contributed by atoms with van der Waals surface area (Å²) in [5.74, 6) is 0. The summed E-state index contributed by atoms with van der Waals surface area (Å²) in [7, 11) is 0. The Hall–Kier alpha value is -0.350. The molecule has 0 aliphatic heterocycles. The lowest BCUT2D eigenvalue weighted by atomic mass is 9.86. The maximum atomic E-state index is 6.18. The lowest BCUT2D eigenvalue weighted by molar-refractivity contribution is 0.588. The van der Waals surface area contributed by atoms with Gasteiger partial charge in [-0.3, -0.25) is 0 Å². The molecule has 0 aliphatic rings. The first-order valence-electron chi connectivity index (χ1n) is 7.11. The fraction of sp³-hybridized carbons (Fsp3) is 0.412. The van der Waals surface area contributed by atoms with Crippen molar-refractivity contribution in [2.75, 3.05) is 6.54 Å². The Kier molecular flexibility index (Phi) is 5.53. The second-order valence-corrected chi connectivity index (χ2v) is 8.94. The second kappa shape index (κ2) is 6.82. The van der Waals surface area contributed by atoms with Gasteiger partial charge in [-0.2, -0.15) is 0 Å². The van der Waals surface area contributed by atoms with Gasteiger partial charge >= 0.3 is 0 Å². The average Bonchev–Trinajstić information content (AvgIpc) is 2.75. The van der Waals surface area contributed by atoms with Crippen molar-refractivity contribution < 1.29 is 0 Å². The van der Waals surface area contributed by atoms with Gasteiger partial charge < -0.3 is 5.32 Å². The summed E-state index contributed by atoms with van der Waals surface area (Å²) < 4.78 is 0.994. The van der Waals surface area contributed by atoms with Crippen LogP contribution in [0.4, 0.5) is 0 Å². The highest BCUT2D eigenvalue weighted by molar-refractivity contribution is 9.11. The smallest absolute Gasteiger partial charge is 0.0888 e. The van der Waals surface area contributed by atoms with Gasteiger partial charge in [0.2, 0.25) is 0 Å². The third-order valence-electron chi connectivity index (χ3n) is 3.47. The van der Waals surface area contributed by atoms with Gasteiger partial charge in [-0.25, -0.2) is 0 Å². The molecule has 1 unspecified atom stereocenters. The summed E-state index contributed by atoms with van der Waals surface area (Å²) in [6.07, 6.45) is 0. The van der Waals surface area contributed by atoms with E-state index in [0.29, 0.717) is 0 Å². The number of thiophene rings is 1. The van der Waals surface area contributed by atoms with Crippen molar-refractivity contribution in [3.05, 3.63) is 55.1 Å². The number of hydrogen-bond acceptors (Lipinski definition) is 2. The van der Waals surface area contributed by atoms with Gasteiger partial charge in [0.05, 0.1) is 14.9 Å². The maximum absolute atomic E-state index is 6.18. The standard InChI is InChI=1S/C17H21BrClNS/c1-5-20-15(14-10-13(19)16(18)21-14)11-6-8-12(9-7-11)17(2,3)4/h6-10,15,20H,5H2,1-4H3. The van der Waals surface area contributed by atoms with Crippen LogP contribution in [0.2, 0.25) is 5.02 Å². The summed E-state index contributed by atoms with van der Waals surface area (Å²) in [6.45, 7) is 9.75. The van der Waals surface area contributed by atoms with Crippen LogP contribution in [0.15, 0.2) is 34.1 Å². The first-order valence-corrected chi connectivity index (χ1v) is 9.10. The molecule has 21 heavy (non-hydrogen) atoms. The molecule has 0 fully saturated rings. The minimum atomic E-state index is 0.182. The van der Waals surface area contributed by atoms with Crippen LogP contribution in [0.1, 0.15) is 49.7 Å². The Morgan fingerprint density at radius 2 is 1.86 bits per heavy atom. The number of rotatable bonds is 4. The molecule has 1 heterocycles. The molecule has 1 nitrogen and oxygen atoms in total. The van der Waals surface area contributed by atoms with Crippen molar-refractivity contribution in [1.82, 2.24) is 5.32 Å². The van der Waals surface area contributed by atoms with E-state index in [4.69, 9.17) is 11.6 Å². The maximum Gasteiger partial charge on any atom is 0.0888 e. The highest BCUT2D eigenvalue weighted by Gasteiger charge is 2.19. The van der Waals surface area contributed by atoms with Crippen LogP contribution in [-0.4, -0.2) is 6.54 Å². The molecule has 0 spiro atoms. The molecule has 1 aromatic carbocycles. The van der Waals surface area contributed by atoms with Crippen LogP contribution in [0.3, 0.4) is 0 Å². The van der Waals surface area contributed by atoms with E-state index in [1.807, 2.05) is 6.07 Å². The van der Waals surface area contributed by atoms with Crippen molar-refractivity contribution in [3.63, 3.8) is 0 Å². The molecule has 2 aromatic rings. The second-order valence-electron chi connectivity index (χ2n) is 6.13. The molecule has 1 aromatic heterocycles. The fourth-order valence-electron chi connectivity index (χ4n) is 2.27. The number of hydrogen-bond donors (Lipinski definition) is 1. The van der Waals surface area contributed by atoms with E-state index in [2.05, 4.69) is 73.2 Å². The van der Waals surface area contributed by atoms with E-state index in [1.165, 1.54) is 16.0 Å². The summed E-state index contributed by atoms with van der Waals surface area (Å²) in [5, 5.41) is 4.33. The van der Waals surface area contributed by atoms with Crippen molar-refractivity contribution >= 4 is 38.9 Å². The summed E-state index contributed by atoms with van der Waals surface area (Å²) >= 11 is 11.4. The minimum Gasteiger partial charge on any atom is -0.306 e. The van der Waals surface area contributed by atoms with Crippen LogP contribution in [0.25, 0.3) is 0 Å². The molecule has 0 saturated carbocycles. The third kappa shape index (κ3) is 4.10. The van der Waals surface area contributed by atoms with E-state index < -0.39 is 0 Å². The quantitative estimate of drug-likeness (QED) is 0.663. The van der Waals surface area contributed by atoms with Crippen molar-refractivity contribution in [2.45, 2.75) is 39.2 Å². The number of benzene rings is 1. The van der Waals surface area contributed by atoms with Crippen LogP contribution in [0, 0.1) is 0 Å². The van der Waals surface area contributed by atoms with Gasteiger partial charge in [0.15, 0.2) is 0 Å². The van der Waals surface area contributed by atoms with Crippen LogP contribution in [-0.2, 0) is 5.41 Å². The molecule has 4 heteroatoms. The van der Waals surface area contributed by atoms with Crippen LogP contribution < -0.4 is 5.32 Å². The van der Waals surface area contributed by atoms with Gasteiger partial charge in [-0.1, -0.05) is 63.6 Å². The lowest BCUT2D eigenvalue weighted by Crippen LogP contribution is -2.21. The SMILES string of the molecule is CCNC(c1ccc(C(C)(C)C)cc1)c1cc(Cl)c(Br)s1. The van der Waals surface area contributed by atoms with E-state index >= 15 is 0 Å². The average molecular weight is 387 g/mol. The van der Waals surface area contributed by atoms with E-state index in [0.717, 1.165) is 15.4 Å². The lowest BCUT2D eigenvalue weighted by Gasteiger charge is -2.21. The Morgan fingerprint density at radius 1 is 1.24 bits per heavy atom. The van der Waals surface area contributed by atoms with Gasteiger partial charge in [-0.05, 0) is 45.1 Å². The molecule has 0 radical (unpaired) electrons. The highest BCUT2D eigenvalue weighted by atomic mass is 79.9. The topological polar surface area (TPSA) is 12.0 Å². The highest BCUT2D eigenvalue weighted by Crippen LogP contribution is 2.37. The molecule has 0 bridgehead atoms. The molecule has 0 aliphatic carbocycles. The zero-order valence-electron chi connectivity index (χ0n) is 12.8. The largest absolute Gasteiger partial charge is 0.306 e. The van der Waals surface area contributed by atoms with Gasteiger partial charge in [0.25, 0.3) is 0 Å². The zero-order valence-corrected chi connectivity index (χ0v) is 16.0. The van der Waals surface area contributed by atoms with Crippen molar-refractivity contribution in [1.29, 1.82) is 0 Å². The molecular weight excluding hydrogens is 366 g/mol. The molecule has 0 amide bonds. The van der Waals surface area contributed by atoms with E-state index in [1.54, 1.807) is 11.3 Å². The predicted octanol–water partition coefficient (Wildman–Crippen LogP) is 6.16. The molecule has 0 saturated heterocycles. The summed E-state index contributed by atoms with van der Waals surface area (Å²) in [5.41, 5.74) is 2.81. The first kappa shape index (κ1) is 17.0. The zero-order chi connectivity index (χ0) is 15.6. The van der Waals surface area contributed by atoms with E-state index in [-0.39, 0.29) is 11.5 Å². The molecule has 1 atom stereocenters. The number of nitrogens with one attached hydrogen (secondary N) is 1. The minimum absolute atomic E-state index is 0.182. The summed E-state index contributed by atoms with van der Waals surface area (Å²) in [6, 6.07) is 11.1. The van der Waals surface area contributed by atoms with Crippen LogP contribution in [0.5, 0.6) is 0 Å². The molecular formula is C17H21BrClNS. The Bertz CT molecular complexity index is 579. The predicted molar refractivity (Wildman–Crippen MR) is 97.7 cm³/mol. The monoisotopic (exact) mass is 385 g/mol. The third-order valence-corrected chi connectivity index (χ3v) is 6.01. The number of halogens is 2. The van der Waals surface area contributed by atoms with Gasteiger partial charge in [0, 0.05) is 4.88 Å². The Morgan fingerprint density at radius 3 is 2.29 bits per heavy atom. The summed E-state index contributed by atoms with van der Waals surface area (Å²) in [4.78, 5) is 1.23. The Balaban J connectivity index is 2.34. The normalized spacial score (nSPS) is 13.4. The van der Waals surface area contributed by atoms with Gasteiger partial charge in [-0.15, -0.1) is 11.3 Å². The fourth-order valence-corrected chi connectivity index (χ4v) is 4.12. The first-order chi connectivity index (χ1) is 9.82. The van der Waals surface area contributed by atoms with Crippen molar-refractivity contribution in [2.24, 2.45) is 0 Å². The molecule has 114 valence electrons. The Labute approximate surface area is 144 Å².